The highest BCUT2D eigenvalue weighted by Crippen LogP contribution is 2.31. The van der Waals surface area contributed by atoms with E-state index in [4.69, 9.17) is 26.4 Å². The van der Waals surface area contributed by atoms with E-state index < -0.39 is 10.0 Å². The molecule has 2 aliphatic rings. The molecule has 3 rings (SSSR count). The van der Waals surface area contributed by atoms with E-state index in [1.165, 1.54) is 4.31 Å². The van der Waals surface area contributed by atoms with Crippen LogP contribution in [0.5, 0.6) is 11.5 Å². The third kappa shape index (κ3) is 4.68. The van der Waals surface area contributed by atoms with Gasteiger partial charge in [0, 0.05) is 32.2 Å². The van der Waals surface area contributed by atoms with E-state index in [1.807, 2.05) is 18.7 Å². The standard InChI is InChI=1S/C18H27N3O5S2/c1-3-24-16-6-5-15(13-17(16)25-4-2)28(22,23)21-9-7-19(8-10-21)14-20-11-12-26-18(20)27/h5-6,13H,3-4,7-12,14H2,1-2H3. The molecule has 0 aliphatic carbocycles. The highest BCUT2D eigenvalue weighted by molar-refractivity contribution is 7.89. The second-order valence-corrected chi connectivity index (χ2v) is 8.80. The predicted molar refractivity (Wildman–Crippen MR) is 109 cm³/mol. The van der Waals surface area contributed by atoms with Crippen LogP contribution in [0.3, 0.4) is 0 Å². The summed E-state index contributed by atoms with van der Waals surface area (Å²) in [5.74, 6) is 1.00. The lowest BCUT2D eigenvalue weighted by Gasteiger charge is -2.35. The van der Waals surface area contributed by atoms with Gasteiger partial charge in [-0.15, -0.1) is 0 Å². The molecule has 156 valence electrons. The number of hydrogen-bond donors (Lipinski definition) is 0. The summed E-state index contributed by atoms with van der Waals surface area (Å²) in [5.41, 5.74) is 0. The first-order valence-electron chi connectivity index (χ1n) is 9.49. The zero-order chi connectivity index (χ0) is 20.1. The van der Waals surface area contributed by atoms with Crippen molar-refractivity contribution < 1.29 is 22.6 Å². The van der Waals surface area contributed by atoms with E-state index in [1.54, 1.807) is 18.2 Å². The van der Waals surface area contributed by atoms with Crippen LogP contribution in [-0.2, 0) is 14.8 Å². The van der Waals surface area contributed by atoms with Gasteiger partial charge in [0.05, 0.1) is 31.3 Å². The molecule has 8 nitrogen and oxygen atoms in total. The molecule has 1 aromatic rings. The highest BCUT2D eigenvalue weighted by Gasteiger charge is 2.30. The maximum absolute atomic E-state index is 13.1. The molecule has 28 heavy (non-hydrogen) atoms. The van der Waals surface area contributed by atoms with Gasteiger partial charge in [-0.2, -0.15) is 4.31 Å². The zero-order valence-electron chi connectivity index (χ0n) is 16.3. The Morgan fingerprint density at radius 1 is 1.04 bits per heavy atom. The number of hydrogen-bond acceptors (Lipinski definition) is 7. The number of thiocarbonyl (C=S) groups is 1. The van der Waals surface area contributed by atoms with Gasteiger partial charge in [-0.05, 0) is 38.2 Å². The Labute approximate surface area is 172 Å². The van der Waals surface area contributed by atoms with E-state index in [0.29, 0.717) is 69.3 Å². The number of rotatable bonds is 8. The first kappa shape index (κ1) is 21.1. The van der Waals surface area contributed by atoms with E-state index in [0.717, 1.165) is 6.54 Å². The Kier molecular flexibility index (Phi) is 6.97. The van der Waals surface area contributed by atoms with Gasteiger partial charge in [0.15, 0.2) is 11.5 Å². The molecule has 2 saturated heterocycles. The van der Waals surface area contributed by atoms with Gasteiger partial charge in [-0.1, -0.05) is 0 Å². The van der Waals surface area contributed by atoms with Crippen molar-refractivity contribution in [3.63, 3.8) is 0 Å². The molecule has 0 saturated carbocycles. The lowest BCUT2D eigenvalue weighted by atomic mass is 10.3. The topological polar surface area (TPSA) is 71.6 Å². The van der Waals surface area contributed by atoms with Crippen LogP contribution in [0.25, 0.3) is 0 Å². The Balaban J connectivity index is 1.66. The molecule has 0 N–H and O–H groups in total. The van der Waals surface area contributed by atoms with Gasteiger partial charge < -0.3 is 19.1 Å². The van der Waals surface area contributed by atoms with Crippen LogP contribution in [0, 0.1) is 0 Å². The van der Waals surface area contributed by atoms with Gasteiger partial charge in [0.25, 0.3) is 5.17 Å². The summed E-state index contributed by atoms with van der Waals surface area (Å²) < 4.78 is 44.1. The Morgan fingerprint density at radius 3 is 2.32 bits per heavy atom. The molecular formula is C18H27N3O5S2. The van der Waals surface area contributed by atoms with E-state index in [2.05, 4.69) is 4.90 Å². The fourth-order valence-corrected chi connectivity index (χ4v) is 4.92. The minimum absolute atomic E-state index is 0.224. The molecule has 0 aromatic heterocycles. The van der Waals surface area contributed by atoms with Crippen molar-refractivity contribution in [2.45, 2.75) is 18.7 Å². The minimum Gasteiger partial charge on any atom is -0.490 e. The Morgan fingerprint density at radius 2 is 1.71 bits per heavy atom. The second-order valence-electron chi connectivity index (χ2n) is 6.52. The molecule has 0 atom stereocenters. The molecule has 0 unspecified atom stereocenters. The maximum Gasteiger partial charge on any atom is 0.260 e. The van der Waals surface area contributed by atoms with Crippen LogP contribution < -0.4 is 9.47 Å². The van der Waals surface area contributed by atoms with E-state index in [-0.39, 0.29) is 4.90 Å². The predicted octanol–water partition coefficient (Wildman–Crippen LogP) is 1.36. The van der Waals surface area contributed by atoms with Crippen molar-refractivity contribution in [1.82, 2.24) is 14.1 Å². The lowest BCUT2D eigenvalue weighted by molar-refractivity contribution is 0.142. The number of piperazine rings is 1. The second kappa shape index (κ2) is 9.25. The Hall–Kier alpha value is -1.62. The molecule has 0 spiro atoms. The normalized spacial score (nSPS) is 18.9. The van der Waals surface area contributed by atoms with Crippen molar-refractivity contribution in [3.05, 3.63) is 18.2 Å². The maximum atomic E-state index is 13.1. The Bertz CT molecular complexity index is 794. The summed E-state index contributed by atoms with van der Waals surface area (Å²) in [7, 11) is -3.59. The smallest absolute Gasteiger partial charge is 0.260 e. The van der Waals surface area contributed by atoms with E-state index in [9.17, 15) is 8.42 Å². The first-order valence-corrected chi connectivity index (χ1v) is 11.3. The van der Waals surface area contributed by atoms with Crippen LogP contribution in [0.2, 0.25) is 0 Å². The quantitative estimate of drug-likeness (QED) is 0.574. The summed E-state index contributed by atoms with van der Waals surface area (Å²) in [5, 5.41) is 0.521. The number of benzene rings is 1. The molecule has 10 heteroatoms. The molecule has 2 aliphatic heterocycles. The summed E-state index contributed by atoms with van der Waals surface area (Å²) in [6.07, 6.45) is 0. The molecular weight excluding hydrogens is 402 g/mol. The lowest BCUT2D eigenvalue weighted by Crippen LogP contribution is -2.51. The SMILES string of the molecule is CCOc1ccc(S(=O)(=O)N2CCN(CN3CCOC3=S)CC2)cc1OCC. The average molecular weight is 430 g/mol. The molecule has 0 bridgehead atoms. The van der Waals surface area contributed by atoms with Crippen LogP contribution >= 0.6 is 12.2 Å². The average Bonchev–Trinajstić information content (AvgIpc) is 3.08. The van der Waals surface area contributed by atoms with Gasteiger partial charge in [0.2, 0.25) is 10.0 Å². The minimum atomic E-state index is -3.59. The molecule has 1 aromatic carbocycles. The van der Waals surface area contributed by atoms with E-state index >= 15 is 0 Å². The fraction of sp³-hybridized carbons (Fsp3) is 0.611. The third-order valence-corrected chi connectivity index (χ3v) is 6.97. The van der Waals surface area contributed by atoms with Crippen LogP contribution in [0.1, 0.15) is 13.8 Å². The van der Waals surface area contributed by atoms with Crippen LogP contribution in [-0.4, -0.2) is 86.9 Å². The van der Waals surface area contributed by atoms with Gasteiger partial charge in [-0.25, -0.2) is 8.42 Å². The van der Waals surface area contributed by atoms with Crippen molar-refractivity contribution in [2.75, 3.05) is 59.2 Å². The fourth-order valence-electron chi connectivity index (χ4n) is 3.25. The summed E-state index contributed by atoms with van der Waals surface area (Å²) in [6, 6.07) is 4.79. The number of sulfonamides is 1. The van der Waals surface area contributed by atoms with Gasteiger partial charge in [-0.3, -0.25) is 4.90 Å². The van der Waals surface area contributed by atoms with Gasteiger partial charge in [0.1, 0.15) is 6.61 Å². The van der Waals surface area contributed by atoms with Crippen molar-refractivity contribution in [1.29, 1.82) is 0 Å². The van der Waals surface area contributed by atoms with Crippen LogP contribution in [0.4, 0.5) is 0 Å². The number of ether oxygens (including phenoxy) is 3. The monoisotopic (exact) mass is 429 g/mol. The van der Waals surface area contributed by atoms with Crippen molar-refractivity contribution in [3.8, 4) is 11.5 Å². The third-order valence-electron chi connectivity index (χ3n) is 4.70. The van der Waals surface area contributed by atoms with Crippen LogP contribution in [0.15, 0.2) is 23.1 Å². The molecule has 0 radical (unpaired) electrons. The number of nitrogens with zero attached hydrogens (tertiary/aromatic N) is 3. The highest BCUT2D eigenvalue weighted by atomic mass is 32.2. The molecule has 2 fully saturated rings. The molecule has 0 amide bonds. The van der Waals surface area contributed by atoms with Crippen molar-refractivity contribution >= 4 is 27.4 Å². The summed E-state index contributed by atoms with van der Waals surface area (Å²) >= 11 is 5.17. The first-order chi connectivity index (χ1) is 13.5. The zero-order valence-corrected chi connectivity index (χ0v) is 17.9. The molecule has 2 heterocycles. The summed E-state index contributed by atoms with van der Waals surface area (Å²) in [6.45, 7) is 8.88. The summed E-state index contributed by atoms with van der Waals surface area (Å²) in [4.78, 5) is 4.42. The van der Waals surface area contributed by atoms with Gasteiger partial charge >= 0.3 is 0 Å². The largest absolute Gasteiger partial charge is 0.490 e. The van der Waals surface area contributed by atoms with Crippen molar-refractivity contribution in [2.24, 2.45) is 0 Å².